The van der Waals surface area contributed by atoms with Gasteiger partial charge in [0, 0.05) is 40.8 Å². The van der Waals surface area contributed by atoms with Crippen LogP contribution in [0.4, 0.5) is 25.4 Å². The molecule has 1 amide bonds. The second-order valence-electron chi connectivity index (χ2n) is 8.64. The van der Waals surface area contributed by atoms with Crippen molar-refractivity contribution in [2.75, 3.05) is 37.4 Å². The van der Waals surface area contributed by atoms with E-state index < -0.39 is 23.6 Å². The number of hydrogen-bond acceptors (Lipinski definition) is 10. The number of aliphatic hydroxyl groups excluding tert-OH is 1. The quantitative estimate of drug-likeness (QED) is 0.180. The zero-order valence-corrected chi connectivity index (χ0v) is 22.1. The van der Waals surface area contributed by atoms with Gasteiger partial charge >= 0.3 is 0 Å². The summed E-state index contributed by atoms with van der Waals surface area (Å²) < 4.78 is 38.2. The summed E-state index contributed by atoms with van der Waals surface area (Å²) in [6.45, 7) is 3.41. The highest BCUT2D eigenvalue weighted by atomic mass is 32.1. The topological polar surface area (TPSA) is 131 Å². The van der Waals surface area contributed by atoms with Crippen LogP contribution in [0.2, 0.25) is 0 Å². The summed E-state index contributed by atoms with van der Waals surface area (Å²) in [6, 6.07) is 6.37. The summed E-state index contributed by atoms with van der Waals surface area (Å²) in [5.74, 6) is -0.425. The number of ether oxygens (including phenoxy) is 2. The van der Waals surface area contributed by atoms with Crippen molar-refractivity contribution in [2.24, 2.45) is 0 Å². The van der Waals surface area contributed by atoms with E-state index in [1.54, 1.807) is 32.4 Å². The Balaban J connectivity index is 1.40. The number of halogens is 2. The molecule has 13 heteroatoms. The SMILES string of the molecule is COc1cc2c(Nc3ncc(CC(=O)Nc4cc(F)cc(F)c4)s3)ncnc2cc1OCCCNC[C@@H](C)O. The Morgan fingerprint density at radius 1 is 1.10 bits per heavy atom. The van der Waals surface area contributed by atoms with E-state index in [0.29, 0.717) is 57.9 Å². The van der Waals surface area contributed by atoms with Crippen LogP contribution in [-0.4, -0.2) is 58.9 Å². The molecule has 0 aliphatic carbocycles. The van der Waals surface area contributed by atoms with Gasteiger partial charge in [0.05, 0.1) is 31.8 Å². The van der Waals surface area contributed by atoms with Gasteiger partial charge in [0.1, 0.15) is 23.8 Å². The van der Waals surface area contributed by atoms with Crippen molar-refractivity contribution >= 4 is 44.8 Å². The maximum atomic E-state index is 13.4. The number of fused-ring (bicyclic) bond motifs is 1. The fourth-order valence-corrected chi connectivity index (χ4v) is 4.47. The van der Waals surface area contributed by atoms with Crippen molar-refractivity contribution in [3.63, 3.8) is 0 Å². The van der Waals surface area contributed by atoms with Gasteiger partial charge in [-0.15, -0.1) is 11.3 Å². The predicted molar refractivity (Wildman–Crippen MR) is 145 cm³/mol. The first kappa shape index (κ1) is 28.1. The van der Waals surface area contributed by atoms with Crippen molar-refractivity contribution in [2.45, 2.75) is 25.9 Å². The van der Waals surface area contributed by atoms with E-state index in [1.807, 2.05) is 0 Å². The Morgan fingerprint density at radius 2 is 1.90 bits per heavy atom. The summed E-state index contributed by atoms with van der Waals surface area (Å²) in [4.78, 5) is 26.0. The minimum Gasteiger partial charge on any atom is -0.493 e. The fraction of sp³-hybridized carbons (Fsp3) is 0.308. The van der Waals surface area contributed by atoms with Crippen LogP contribution in [0, 0.1) is 11.6 Å². The standard InChI is InChI=1S/C26H28F2N6O4S/c1-15(35)12-29-4-3-5-38-23-11-21-20(10-22(23)37-2)25(32-14-31-21)34-26-30-13-19(39-26)9-24(36)33-18-7-16(27)6-17(28)8-18/h6-8,10-11,13-15,29,35H,3-5,9,12H2,1-2H3,(H,33,36)(H,30,31,32,34)/t15-/m1/s1. The van der Waals surface area contributed by atoms with Gasteiger partial charge in [-0.2, -0.15) is 0 Å². The number of aliphatic hydroxyl groups is 1. The molecule has 2 aromatic heterocycles. The molecule has 0 radical (unpaired) electrons. The van der Waals surface area contributed by atoms with Gasteiger partial charge in [-0.05, 0) is 38.1 Å². The summed E-state index contributed by atoms with van der Waals surface area (Å²) in [6.07, 6.45) is 3.29. The van der Waals surface area contributed by atoms with Crippen LogP contribution in [0.1, 0.15) is 18.2 Å². The third-order valence-electron chi connectivity index (χ3n) is 5.38. The van der Waals surface area contributed by atoms with Crippen LogP contribution in [0.25, 0.3) is 10.9 Å². The smallest absolute Gasteiger partial charge is 0.229 e. The molecule has 4 rings (SSSR count). The van der Waals surface area contributed by atoms with E-state index in [9.17, 15) is 18.7 Å². The second-order valence-corrected chi connectivity index (χ2v) is 9.75. The molecule has 0 bridgehead atoms. The third kappa shape index (κ3) is 8.02. The molecule has 0 saturated heterocycles. The van der Waals surface area contributed by atoms with Crippen molar-refractivity contribution < 1.29 is 28.2 Å². The first-order valence-corrected chi connectivity index (χ1v) is 12.9. The predicted octanol–water partition coefficient (Wildman–Crippen LogP) is 4.04. The monoisotopic (exact) mass is 558 g/mol. The number of carbonyl (C=O) groups is 1. The lowest BCUT2D eigenvalue weighted by Gasteiger charge is -2.13. The summed E-state index contributed by atoms with van der Waals surface area (Å²) >= 11 is 1.24. The molecule has 1 atom stereocenters. The third-order valence-corrected chi connectivity index (χ3v) is 6.29. The summed E-state index contributed by atoms with van der Waals surface area (Å²) in [7, 11) is 1.55. The average Bonchev–Trinajstić information content (AvgIpc) is 3.31. The van der Waals surface area contributed by atoms with E-state index in [0.717, 1.165) is 24.6 Å². The lowest BCUT2D eigenvalue weighted by molar-refractivity contribution is -0.115. The number of methoxy groups -OCH3 is 1. The van der Waals surface area contributed by atoms with Gasteiger partial charge < -0.3 is 30.5 Å². The number of aromatic nitrogens is 3. The molecule has 0 saturated carbocycles. The largest absolute Gasteiger partial charge is 0.493 e. The summed E-state index contributed by atoms with van der Waals surface area (Å²) in [5.41, 5.74) is 0.673. The Labute approximate surface area is 227 Å². The number of hydrogen-bond donors (Lipinski definition) is 4. The number of amides is 1. The zero-order chi connectivity index (χ0) is 27.8. The van der Waals surface area contributed by atoms with Crippen LogP contribution in [-0.2, 0) is 11.2 Å². The molecular formula is C26H28F2N6O4S. The molecule has 2 aromatic carbocycles. The number of thiazole rings is 1. The van der Waals surface area contributed by atoms with Gasteiger partial charge in [-0.25, -0.2) is 23.7 Å². The number of carbonyl (C=O) groups excluding carboxylic acids is 1. The first-order chi connectivity index (χ1) is 18.8. The maximum Gasteiger partial charge on any atom is 0.229 e. The van der Waals surface area contributed by atoms with E-state index in [-0.39, 0.29) is 12.1 Å². The van der Waals surface area contributed by atoms with Crippen molar-refractivity contribution in [1.29, 1.82) is 0 Å². The molecule has 0 aliphatic rings. The minimum atomic E-state index is -0.775. The van der Waals surface area contributed by atoms with Crippen molar-refractivity contribution in [1.82, 2.24) is 20.3 Å². The molecule has 0 spiro atoms. The highest BCUT2D eigenvalue weighted by Crippen LogP contribution is 2.35. The maximum absolute atomic E-state index is 13.4. The normalized spacial score (nSPS) is 11.8. The Morgan fingerprint density at radius 3 is 2.64 bits per heavy atom. The van der Waals surface area contributed by atoms with Gasteiger partial charge in [0.2, 0.25) is 5.91 Å². The van der Waals surface area contributed by atoms with Gasteiger partial charge in [-0.3, -0.25) is 4.79 Å². The van der Waals surface area contributed by atoms with Crippen LogP contribution in [0.5, 0.6) is 11.5 Å². The van der Waals surface area contributed by atoms with E-state index >= 15 is 0 Å². The number of rotatable bonds is 13. The Hall–Kier alpha value is -3.94. The van der Waals surface area contributed by atoms with E-state index in [4.69, 9.17) is 9.47 Å². The van der Waals surface area contributed by atoms with Gasteiger partial charge in [-0.1, -0.05) is 0 Å². The molecule has 2 heterocycles. The number of anilines is 3. The van der Waals surface area contributed by atoms with Gasteiger partial charge in [0.15, 0.2) is 16.6 Å². The van der Waals surface area contributed by atoms with E-state index in [2.05, 4.69) is 30.9 Å². The number of benzene rings is 2. The molecule has 39 heavy (non-hydrogen) atoms. The van der Waals surface area contributed by atoms with Crippen LogP contribution in [0.3, 0.4) is 0 Å². The van der Waals surface area contributed by atoms with E-state index in [1.165, 1.54) is 17.7 Å². The molecule has 0 aliphatic heterocycles. The summed E-state index contributed by atoms with van der Waals surface area (Å²) in [5, 5.41) is 19.3. The molecule has 0 fully saturated rings. The Bertz CT molecular complexity index is 1410. The lowest BCUT2D eigenvalue weighted by atomic mass is 10.2. The lowest BCUT2D eigenvalue weighted by Crippen LogP contribution is -2.26. The average molecular weight is 559 g/mol. The number of nitrogens with zero attached hydrogens (tertiary/aromatic N) is 3. The minimum absolute atomic E-state index is 0.0227. The number of nitrogens with one attached hydrogen (secondary N) is 3. The molecule has 0 unspecified atom stereocenters. The highest BCUT2D eigenvalue weighted by Gasteiger charge is 2.14. The molecule has 206 valence electrons. The first-order valence-electron chi connectivity index (χ1n) is 12.1. The molecule has 4 aromatic rings. The fourth-order valence-electron chi connectivity index (χ4n) is 3.66. The van der Waals surface area contributed by atoms with Crippen molar-refractivity contribution in [3.8, 4) is 11.5 Å². The zero-order valence-electron chi connectivity index (χ0n) is 21.3. The molecule has 4 N–H and O–H groups in total. The van der Waals surface area contributed by atoms with Crippen LogP contribution < -0.4 is 25.4 Å². The highest BCUT2D eigenvalue weighted by molar-refractivity contribution is 7.15. The Kier molecular flexibility index (Phi) is 9.52. The van der Waals surface area contributed by atoms with Crippen molar-refractivity contribution in [3.05, 3.63) is 59.4 Å². The van der Waals surface area contributed by atoms with Gasteiger partial charge in [0.25, 0.3) is 0 Å². The second kappa shape index (κ2) is 13.2. The van der Waals surface area contributed by atoms with Crippen LogP contribution >= 0.6 is 11.3 Å². The molecular weight excluding hydrogens is 530 g/mol. The van der Waals surface area contributed by atoms with Crippen LogP contribution in [0.15, 0.2) is 42.9 Å². The molecule has 10 nitrogen and oxygen atoms in total.